The van der Waals surface area contributed by atoms with Gasteiger partial charge in [0.25, 0.3) is 10.1 Å². The second-order valence-electron chi connectivity index (χ2n) is 5.06. The third kappa shape index (κ3) is 5.93. The number of pyridine rings is 1. The van der Waals surface area contributed by atoms with Gasteiger partial charge < -0.3 is 5.73 Å². The molecule has 2 aromatic rings. The first-order valence-corrected chi connectivity index (χ1v) is 8.40. The van der Waals surface area contributed by atoms with Crippen molar-refractivity contribution in [2.45, 2.75) is 38.1 Å². The largest absolute Gasteiger partial charge is 0.323 e. The third-order valence-corrected chi connectivity index (χ3v) is 3.94. The van der Waals surface area contributed by atoms with Crippen molar-refractivity contribution in [1.29, 1.82) is 0 Å². The molecule has 1 heterocycles. The standard InChI is InChI=1S/C9H14N2.C7H8O3S/c1-3-8(10)9-6-7(2)4-5-11-9;1-6-2-4-7(5-3-6)11(8,9)10/h4-6,8H,3,10H2,1-2H3;2-5H,1H3,(H,8,9,10). The molecule has 0 aliphatic heterocycles. The predicted molar refractivity (Wildman–Crippen MR) is 87.2 cm³/mol. The van der Waals surface area contributed by atoms with Crippen LogP contribution < -0.4 is 5.73 Å². The van der Waals surface area contributed by atoms with Gasteiger partial charge in [-0.3, -0.25) is 9.54 Å². The van der Waals surface area contributed by atoms with Crippen LogP contribution in [0.2, 0.25) is 0 Å². The average molecular weight is 322 g/mol. The summed E-state index contributed by atoms with van der Waals surface area (Å²) in [7, 11) is -4.02. The molecule has 22 heavy (non-hydrogen) atoms. The molecule has 0 radical (unpaired) electrons. The molecule has 1 aromatic carbocycles. The molecule has 0 saturated carbocycles. The molecule has 120 valence electrons. The third-order valence-electron chi connectivity index (χ3n) is 3.08. The van der Waals surface area contributed by atoms with Crippen LogP contribution in [0.4, 0.5) is 0 Å². The van der Waals surface area contributed by atoms with Crippen molar-refractivity contribution in [2.75, 3.05) is 0 Å². The van der Waals surface area contributed by atoms with Gasteiger partial charge in [0.15, 0.2) is 0 Å². The van der Waals surface area contributed by atoms with Crippen molar-refractivity contribution in [3.8, 4) is 0 Å². The Morgan fingerprint density at radius 2 is 1.73 bits per heavy atom. The Morgan fingerprint density at radius 3 is 2.18 bits per heavy atom. The first-order valence-electron chi connectivity index (χ1n) is 6.96. The quantitative estimate of drug-likeness (QED) is 0.847. The summed E-state index contributed by atoms with van der Waals surface area (Å²) in [5.41, 5.74) is 8.97. The van der Waals surface area contributed by atoms with E-state index in [0.29, 0.717) is 0 Å². The number of aryl methyl sites for hydroxylation is 2. The first kappa shape index (κ1) is 18.3. The van der Waals surface area contributed by atoms with E-state index in [1.807, 2.05) is 26.0 Å². The molecule has 0 spiro atoms. The molecule has 0 aliphatic rings. The molecular formula is C16H22N2O3S. The van der Waals surface area contributed by atoms with Crippen LogP contribution in [0.5, 0.6) is 0 Å². The number of aromatic nitrogens is 1. The highest BCUT2D eigenvalue weighted by atomic mass is 32.2. The van der Waals surface area contributed by atoms with E-state index in [-0.39, 0.29) is 10.9 Å². The monoisotopic (exact) mass is 322 g/mol. The van der Waals surface area contributed by atoms with Crippen molar-refractivity contribution in [3.63, 3.8) is 0 Å². The van der Waals surface area contributed by atoms with Crippen LogP contribution in [0, 0.1) is 13.8 Å². The summed E-state index contributed by atoms with van der Waals surface area (Å²) in [4.78, 5) is 4.12. The van der Waals surface area contributed by atoms with Crippen LogP contribution in [0.15, 0.2) is 47.5 Å². The summed E-state index contributed by atoms with van der Waals surface area (Å²) in [6.07, 6.45) is 2.75. The second-order valence-corrected chi connectivity index (χ2v) is 6.48. The first-order chi connectivity index (χ1) is 10.2. The SMILES string of the molecule is CCC(N)c1cc(C)ccn1.Cc1ccc(S(=O)(=O)O)cc1. The molecule has 0 amide bonds. The number of hydrogen-bond donors (Lipinski definition) is 2. The van der Waals surface area contributed by atoms with Crippen molar-refractivity contribution in [2.24, 2.45) is 5.73 Å². The molecule has 0 saturated heterocycles. The van der Waals surface area contributed by atoms with Crippen LogP contribution in [0.3, 0.4) is 0 Å². The summed E-state index contributed by atoms with van der Waals surface area (Å²) in [6.45, 7) is 5.95. The van der Waals surface area contributed by atoms with Gasteiger partial charge in [-0.1, -0.05) is 24.6 Å². The van der Waals surface area contributed by atoms with Crippen molar-refractivity contribution >= 4 is 10.1 Å². The highest BCUT2D eigenvalue weighted by molar-refractivity contribution is 7.85. The van der Waals surface area contributed by atoms with E-state index in [1.165, 1.54) is 17.7 Å². The van der Waals surface area contributed by atoms with E-state index in [4.69, 9.17) is 10.3 Å². The molecule has 0 bridgehead atoms. The minimum Gasteiger partial charge on any atom is -0.323 e. The zero-order valence-corrected chi connectivity index (χ0v) is 13.8. The Labute approximate surface area is 132 Å². The highest BCUT2D eigenvalue weighted by Gasteiger charge is 2.06. The van der Waals surface area contributed by atoms with Gasteiger partial charge in [0.2, 0.25) is 0 Å². The van der Waals surface area contributed by atoms with E-state index in [0.717, 1.165) is 17.7 Å². The van der Waals surface area contributed by atoms with Crippen LogP contribution in [-0.4, -0.2) is 18.0 Å². The number of hydrogen-bond acceptors (Lipinski definition) is 4. The van der Waals surface area contributed by atoms with E-state index < -0.39 is 10.1 Å². The van der Waals surface area contributed by atoms with Crippen molar-refractivity contribution in [1.82, 2.24) is 4.98 Å². The molecule has 0 fully saturated rings. The van der Waals surface area contributed by atoms with E-state index in [2.05, 4.69) is 11.9 Å². The second kappa shape index (κ2) is 8.03. The minimum absolute atomic E-state index is 0.0666. The Balaban J connectivity index is 0.000000220. The summed E-state index contributed by atoms with van der Waals surface area (Å²) in [5.74, 6) is 0. The maximum absolute atomic E-state index is 10.5. The van der Waals surface area contributed by atoms with Crippen LogP contribution in [0.1, 0.15) is 36.2 Å². The lowest BCUT2D eigenvalue weighted by Crippen LogP contribution is -2.10. The minimum atomic E-state index is -4.02. The molecule has 3 N–H and O–H groups in total. The Morgan fingerprint density at radius 1 is 1.14 bits per heavy atom. The normalized spacial score (nSPS) is 12.2. The lowest BCUT2D eigenvalue weighted by molar-refractivity contribution is 0.483. The summed E-state index contributed by atoms with van der Waals surface area (Å²) in [5, 5.41) is 0. The fourth-order valence-electron chi connectivity index (χ4n) is 1.68. The van der Waals surface area contributed by atoms with E-state index in [9.17, 15) is 8.42 Å². The number of nitrogens with zero attached hydrogens (tertiary/aromatic N) is 1. The van der Waals surface area contributed by atoms with E-state index in [1.54, 1.807) is 18.3 Å². The smallest absolute Gasteiger partial charge is 0.294 e. The fourth-order valence-corrected chi connectivity index (χ4v) is 2.16. The predicted octanol–water partition coefficient (Wildman–Crippen LogP) is 3.04. The molecule has 2 rings (SSSR count). The summed E-state index contributed by atoms with van der Waals surface area (Å²) in [6, 6.07) is 10.1. The molecule has 1 unspecified atom stereocenters. The van der Waals surface area contributed by atoms with Crippen LogP contribution in [-0.2, 0) is 10.1 Å². The number of benzene rings is 1. The molecule has 6 heteroatoms. The number of rotatable bonds is 3. The van der Waals surface area contributed by atoms with Gasteiger partial charge in [0, 0.05) is 12.2 Å². The topological polar surface area (TPSA) is 93.3 Å². The summed E-state index contributed by atoms with van der Waals surface area (Å²) < 4.78 is 29.6. The zero-order chi connectivity index (χ0) is 16.8. The Hall–Kier alpha value is -1.76. The average Bonchev–Trinajstić information content (AvgIpc) is 2.46. The van der Waals surface area contributed by atoms with Gasteiger partial charge in [-0.15, -0.1) is 0 Å². The molecule has 0 aliphatic carbocycles. The Kier molecular flexibility index (Phi) is 6.67. The fraction of sp³-hybridized carbons (Fsp3) is 0.312. The van der Waals surface area contributed by atoms with Gasteiger partial charge in [0.05, 0.1) is 10.6 Å². The van der Waals surface area contributed by atoms with Gasteiger partial charge in [0.1, 0.15) is 0 Å². The highest BCUT2D eigenvalue weighted by Crippen LogP contribution is 2.11. The van der Waals surface area contributed by atoms with Gasteiger partial charge in [-0.2, -0.15) is 8.42 Å². The molecule has 1 atom stereocenters. The Bertz CT molecular complexity index is 698. The maximum Gasteiger partial charge on any atom is 0.294 e. The molecule has 1 aromatic heterocycles. The summed E-state index contributed by atoms with van der Waals surface area (Å²) >= 11 is 0. The molecule has 5 nitrogen and oxygen atoms in total. The van der Waals surface area contributed by atoms with E-state index >= 15 is 0 Å². The van der Waals surface area contributed by atoms with Crippen LogP contribution >= 0.6 is 0 Å². The lowest BCUT2D eigenvalue weighted by Gasteiger charge is -2.07. The lowest BCUT2D eigenvalue weighted by atomic mass is 10.1. The van der Waals surface area contributed by atoms with Gasteiger partial charge in [-0.05, 0) is 50.1 Å². The molecular weight excluding hydrogens is 300 g/mol. The van der Waals surface area contributed by atoms with Gasteiger partial charge >= 0.3 is 0 Å². The van der Waals surface area contributed by atoms with Gasteiger partial charge in [-0.25, -0.2) is 0 Å². The van der Waals surface area contributed by atoms with Crippen LogP contribution in [0.25, 0.3) is 0 Å². The zero-order valence-electron chi connectivity index (χ0n) is 13.0. The maximum atomic E-state index is 10.5. The van der Waals surface area contributed by atoms with Crippen molar-refractivity contribution in [3.05, 3.63) is 59.4 Å². The van der Waals surface area contributed by atoms with Crippen molar-refractivity contribution < 1.29 is 13.0 Å². The number of nitrogens with two attached hydrogens (primary N) is 1.